The summed E-state index contributed by atoms with van der Waals surface area (Å²) in [6, 6.07) is 14.4. The third kappa shape index (κ3) is 5.01. The predicted octanol–water partition coefficient (Wildman–Crippen LogP) is 3.31. The maximum absolute atomic E-state index is 12.5. The van der Waals surface area contributed by atoms with Crippen LogP contribution in [0.15, 0.2) is 65.4 Å². The first-order valence-corrected chi connectivity index (χ1v) is 9.69. The number of ether oxygens (including phenoxy) is 2. The fourth-order valence-corrected chi connectivity index (χ4v) is 3.11. The molecule has 0 saturated heterocycles. The number of hydrogen-bond donors (Lipinski definition) is 1. The molecule has 1 aliphatic rings. The molecule has 2 amide bonds. The number of amides is 2. The molecule has 2 aromatic carbocycles. The first-order chi connectivity index (χ1) is 14.8. The maximum atomic E-state index is 12.5. The zero-order valence-electron chi connectivity index (χ0n) is 17.9. The standard InChI is InChI=1S/C24H24N2O5/c1-15-5-9-18(10-6-15)25-21(27)14-31-19-11-7-17(8-12-19)13-20-22(24(29)30-4)16(2)26(3)23(20)28/h5-13H,14H2,1-4H3,(H,25,27)/b20-13+. The molecule has 0 aliphatic carbocycles. The lowest BCUT2D eigenvalue weighted by molar-refractivity contribution is -0.136. The Balaban J connectivity index is 1.66. The molecule has 160 valence electrons. The molecule has 7 nitrogen and oxygen atoms in total. The quantitative estimate of drug-likeness (QED) is 0.573. The summed E-state index contributed by atoms with van der Waals surface area (Å²) in [6.07, 6.45) is 1.63. The highest BCUT2D eigenvalue weighted by Crippen LogP contribution is 2.30. The molecule has 0 aromatic heterocycles. The largest absolute Gasteiger partial charge is 0.484 e. The predicted molar refractivity (Wildman–Crippen MR) is 117 cm³/mol. The number of hydrogen-bond acceptors (Lipinski definition) is 5. The lowest BCUT2D eigenvalue weighted by Crippen LogP contribution is -2.20. The van der Waals surface area contributed by atoms with E-state index in [-0.39, 0.29) is 29.6 Å². The number of nitrogens with one attached hydrogen (secondary N) is 1. The summed E-state index contributed by atoms with van der Waals surface area (Å²) in [5.74, 6) is -0.582. The van der Waals surface area contributed by atoms with Crippen molar-refractivity contribution >= 4 is 29.5 Å². The number of anilines is 1. The molecule has 0 spiro atoms. The number of likely N-dealkylation sites (N-methyl/N-ethyl adjacent to an activating group) is 1. The van der Waals surface area contributed by atoms with Crippen molar-refractivity contribution in [1.82, 2.24) is 4.90 Å². The Kier molecular flexibility index (Phi) is 6.55. The van der Waals surface area contributed by atoms with Gasteiger partial charge < -0.3 is 19.7 Å². The lowest BCUT2D eigenvalue weighted by Gasteiger charge is -2.09. The molecule has 0 fully saturated rings. The molecule has 2 aromatic rings. The zero-order chi connectivity index (χ0) is 22.5. The van der Waals surface area contributed by atoms with E-state index in [4.69, 9.17) is 9.47 Å². The van der Waals surface area contributed by atoms with Crippen molar-refractivity contribution in [2.45, 2.75) is 13.8 Å². The number of carbonyl (C=O) groups excluding carboxylic acids is 3. The fraction of sp³-hybridized carbons (Fsp3) is 0.208. The number of esters is 1. The van der Waals surface area contributed by atoms with Gasteiger partial charge in [0.1, 0.15) is 5.75 Å². The first kappa shape index (κ1) is 21.8. The van der Waals surface area contributed by atoms with Crippen molar-refractivity contribution in [1.29, 1.82) is 0 Å². The SMILES string of the molecule is COC(=O)C1=C(C)N(C)C(=O)/C1=C/c1ccc(OCC(=O)Nc2ccc(C)cc2)cc1. The average molecular weight is 420 g/mol. The molecule has 0 atom stereocenters. The minimum absolute atomic E-state index is 0.133. The van der Waals surface area contributed by atoms with Gasteiger partial charge in [-0.05, 0) is 49.8 Å². The lowest BCUT2D eigenvalue weighted by atomic mass is 10.0. The van der Waals surface area contributed by atoms with Gasteiger partial charge in [-0.25, -0.2) is 4.79 Å². The van der Waals surface area contributed by atoms with Crippen LogP contribution >= 0.6 is 0 Å². The second kappa shape index (κ2) is 9.30. The van der Waals surface area contributed by atoms with E-state index < -0.39 is 5.97 Å². The normalized spacial score (nSPS) is 14.8. The second-order valence-corrected chi connectivity index (χ2v) is 7.15. The van der Waals surface area contributed by atoms with E-state index >= 15 is 0 Å². The van der Waals surface area contributed by atoms with Crippen LogP contribution in [0.4, 0.5) is 5.69 Å². The topological polar surface area (TPSA) is 84.9 Å². The summed E-state index contributed by atoms with van der Waals surface area (Å²) in [4.78, 5) is 38.1. The maximum Gasteiger partial charge on any atom is 0.340 e. The van der Waals surface area contributed by atoms with Gasteiger partial charge in [-0.3, -0.25) is 9.59 Å². The average Bonchev–Trinajstić information content (AvgIpc) is 2.98. The van der Waals surface area contributed by atoms with E-state index in [0.29, 0.717) is 22.7 Å². The smallest absolute Gasteiger partial charge is 0.340 e. The van der Waals surface area contributed by atoms with Gasteiger partial charge in [0.05, 0.1) is 18.3 Å². The van der Waals surface area contributed by atoms with Crippen LogP contribution in [0.3, 0.4) is 0 Å². The highest BCUT2D eigenvalue weighted by atomic mass is 16.5. The highest BCUT2D eigenvalue weighted by molar-refractivity contribution is 6.16. The molecular weight excluding hydrogens is 396 g/mol. The third-order valence-corrected chi connectivity index (χ3v) is 4.96. The summed E-state index contributed by atoms with van der Waals surface area (Å²) in [7, 11) is 2.89. The molecule has 0 radical (unpaired) electrons. The van der Waals surface area contributed by atoms with Gasteiger partial charge in [-0.1, -0.05) is 29.8 Å². The van der Waals surface area contributed by atoms with Crippen molar-refractivity contribution < 1.29 is 23.9 Å². The number of methoxy groups -OCH3 is 1. The van der Waals surface area contributed by atoms with Gasteiger partial charge in [0.2, 0.25) is 0 Å². The molecule has 1 N–H and O–H groups in total. The molecule has 0 unspecified atom stereocenters. The van der Waals surface area contributed by atoms with Crippen LogP contribution in [0.5, 0.6) is 5.75 Å². The van der Waals surface area contributed by atoms with Gasteiger partial charge >= 0.3 is 5.97 Å². The molecule has 0 saturated carbocycles. The summed E-state index contributed by atoms with van der Waals surface area (Å²) in [5.41, 5.74) is 3.60. The van der Waals surface area contributed by atoms with E-state index in [1.165, 1.54) is 12.0 Å². The summed E-state index contributed by atoms with van der Waals surface area (Å²) in [5, 5.41) is 2.77. The van der Waals surface area contributed by atoms with Crippen molar-refractivity contribution in [2.24, 2.45) is 0 Å². The molecule has 31 heavy (non-hydrogen) atoms. The van der Waals surface area contributed by atoms with E-state index in [0.717, 1.165) is 5.56 Å². The Morgan fingerprint density at radius 1 is 1.03 bits per heavy atom. The van der Waals surface area contributed by atoms with Crippen LogP contribution in [0.1, 0.15) is 18.1 Å². The van der Waals surface area contributed by atoms with Gasteiger partial charge in [0.15, 0.2) is 6.61 Å². The number of nitrogens with zero attached hydrogens (tertiary/aromatic N) is 1. The fourth-order valence-electron chi connectivity index (χ4n) is 3.11. The molecule has 1 heterocycles. The monoisotopic (exact) mass is 420 g/mol. The van der Waals surface area contributed by atoms with Crippen LogP contribution in [-0.2, 0) is 19.1 Å². The Bertz CT molecular complexity index is 1070. The van der Waals surface area contributed by atoms with Crippen LogP contribution in [0.2, 0.25) is 0 Å². The number of allylic oxidation sites excluding steroid dienone is 1. The summed E-state index contributed by atoms with van der Waals surface area (Å²) >= 11 is 0. The van der Waals surface area contributed by atoms with Gasteiger partial charge in [0, 0.05) is 18.4 Å². The highest BCUT2D eigenvalue weighted by Gasteiger charge is 2.34. The zero-order valence-corrected chi connectivity index (χ0v) is 17.9. The Morgan fingerprint density at radius 2 is 1.68 bits per heavy atom. The van der Waals surface area contributed by atoms with E-state index in [1.54, 1.807) is 44.3 Å². The Hall–Kier alpha value is -3.87. The number of aryl methyl sites for hydroxylation is 1. The summed E-state index contributed by atoms with van der Waals surface area (Å²) in [6.45, 7) is 3.54. The van der Waals surface area contributed by atoms with Gasteiger partial charge in [-0.2, -0.15) is 0 Å². The van der Waals surface area contributed by atoms with Crippen LogP contribution in [0, 0.1) is 6.92 Å². The van der Waals surface area contributed by atoms with Gasteiger partial charge in [-0.15, -0.1) is 0 Å². The van der Waals surface area contributed by atoms with Crippen LogP contribution in [-0.4, -0.2) is 43.4 Å². The summed E-state index contributed by atoms with van der Waals surface area (Å²) < 4.78 is 10.3. The first-order valence-electron chi connectivity index (χ1n) is 9.69. The Morgan fingerprint density at radius 3 is 2.29 bits per heavy atom. The molecular formula is C24H24N2O5. The number of carbonyl (C=O) groups is 3. The Labute approximate surface area is 181 Å². The number of benzene rings is 2. The number of rotatable bonds is 6. The van der Waals surface area contributed by atoms with E-state index in [2.05, 4.69) is 5.32 Å². The van der Waals surface area contributed by atoms with Crippen LogP contribution in [0.25, 0.3) is 6.08 Å². The van der Waals surface area contributed by atoms with Crippen molar-refractivity contribution in [3.8, 4) is 5.75 Å². The molecule has 7 heteroatoms. The van der Waals surface area contributed by atoms with E-state index in [1.807, 2.05) is 31.2 Å². The third-order valence-electron chi connectivity index (χ3n) is 4.96. The van der Waals surface area contributed by atoms with Crippen molar-refractivity contribution in [2.75, 3.05) is 26.1 Å². The minimum Gasteiger partial charge on any atom is -0.484 e. The van der Waals surface area contributed by atoms with Crippen LogP contribution < -0.4 is 10.1 Å². The molecule has 1 aliphatic heterocycles. The van der Waals surface area contributed by atoms with E-state index in [9.17, 15) is 14.4 Å². The molecule has 3 rings (SSSR count). The van der Waals surface area contributed by atoms with Gasteiger partial charge in [0.25, 0.3) is 11.8 Å². The van der Waals surface area contributed by atoms with Crippen molar-refractivity contribution in [3.63, 3.8) is 0 Å². The van der Waals surface area contributed by atoms with Crippen molar-refractivity contribution in [3.05, 3.63) is 76.5 Å². The second-order valence-electron chi connectivity index (χ2n) is 7.15. The minimum atomic E-state index is -0.555. The molecule has 0 bridgehead atoms.